The lowest BCUT2D eigenvalue weighted by Gasteiger charge is -2.38. The van der Waals surface area contributed by atoms with E-state index < -0.39 is 5.54 Å². The quantitative estimate of drug-likeness (QED) is 0.591. The molecule has 0 N–H and O–H groups in total. The molecule has 2 rings (SSSR count). The van der Waals surface area contributed by atoms with E-state index in [0.717, 1.165) is 36.8 Å². The second-order valence-corrected chi connectivity index (χ2v) is 5.27. The summed E-state index contributed by atoms with van der Waals surface area (Å²) in [4.78, 5) is 11.7. The van der Waals surface area contributed by atoms with Crippen molar-refractivity contribution < 1.29 is 4.74 Å². The second kappa shape index (κ2) is 6.11. The maximum Gasteiger partial charge on any atom is 0.157 e. The average Bonchev–Trinajstić information content (AvgIpc) is 2.47. The van der Waals surface area contributed by atoms with Crippen LogP contribution in [0.2, 0.25) is 0 Å². The summed E-state index contributed by atoms with van der Waals surface area (Å²) in [6.07, 6.45) is 4.23. The Labute approximate surface area is 114 Å². The van der Waals surface area contributed by atoms with Crippen LogP contribution in [0.1, 0.15) is 31.2 Å². The van der Waals surface area contributed by atoms with Gasteiger partial charge in [-0.3, -0.25) is 0 Å². The van der Waals surface area contributed by atoms with E-state index in [1.165, 1.54) is 0 Å². The van der Waals surface area contributed by atoms with Crippen molar-refractivity contribution in [1.29, 1.82) is 0 Å². The van der Waals surface area contributed by atoms with Gasteiger partial charge >= 0.3 is 0 Å². The van der Waals surface area contributed by atoms with Crippen LogP contribution in [0, 0.1) is 10.8 Å². The van der Waals surface area contributed by atoms with Gasteiger partial charge in [0.2, 0.25) is 0 Å². The van der Waals surface area contributed by atoms with Gasteiger partial charge in [-0.2, -0.15) is 0 Å². The molecule has 1 saturated carbocycles. The summed E-state index contributed by atoms with van der Waals surface area (Å²) in [6.45, 7) is 4.47. The summed E-state index contributed by atoms with van der Waals surface area (Å²) in [6, 6.07) is 9.75. The predicted molar refractivity (Wildman–Crippen MR) is 76.9 cm³/mol. The Morgan fingerprint density at radius 2 is 2.11 bits per heavy atom. The summed E-state index contributed by atoms with van der Waals surface area (Å²) in [5, 5.41) is 3.52. The van der Waals surface area contributed by atoms with Crippen LogP contribution in [-0.4, -0.2) is 13.7 Å². The molecule has 0 amide bonds. The van der Waals surface area contributed by atoms with Gasteiger partial charge < -0.3 is 4.74 Å². The van der Waals surface area contributed by atoms with Crippen molar-refractivity contribution in [3.8, 4) is 0 Å². The molecule has 0 heterocycles. The SMILES string of the molecule is C=C1CCCCC1C(COC)(N=O)c1ccccc1. The van der Waals surface area contributed by atoms with Crippen LogP contribution >= 0.6 is 0 Å². The molecule has 0 spiro atoms. The minimum Gasteiger partial charge on any atom is -0.382 e. The molecule has 1 aromatic carbocycles. The summed E-state index contributed by atoms with van der Waals surface area (Å²) in [7, 11) is 1.62. The predicted octanol–water partition coefficient (Wildman–Crippen LogP) is 4.04. The Morgan fingerprint density at radius 3 is 2.68 bits per heavy atom. The first-order chi connectivity index (χ1) is 9.24. The molecule has 2 atom stereocenters. The third-order valence-corrected chi connectivity index (χ3v) is 4.11. The molecule has 1 aliphatic carbocycles. The van der Waals surface area contributed by atoms with E-state index in [9.17, 15) is 4.91 Å². The summed E-state index contributed by atoms with van der Waals surface area (Å²) < 4.78 is 5.32. The first-order valence-corrected chi connectivity index (χ1v) is 6.81. The number of benzene rings is 1. The van der Waals surface area contributed by atoms with Crippen molar-refractivity contribution >= 4 is 0 Å². The molecule has 0 radical (unpaired) electrons. The van der Waals surface area contributed by atoms with Crippen LogP contribution in [0.4, 0.5) is 0 Å². The number of rotatable bonds is 5. The first-order valence-electron chi connectivity index (χ1n) is 6.81. The topological polar surface area (TPSA) is 38.7 Å². The highest BCUT2D eigenvalue weighted by Crippen LogP contribution is 2.44. The fourth-order valence-electron chi connectivity index (χ4n) is 3.13. The largest absolute Gasteiger partial charge is 0.382 e. The molecule has 0 aliphatic heterocycles. The molecule has 3 nitrogen and oxygen atoms in total. The molecule has 0 aromatic heterocycles. The normalized spacial score (nSPS) is 22.8. The Hall–Kier alpha value is -1.48. The van der Waals surface area contributed by atoms with E-state index in [-0.39, 0.29) is 5.92 Å². The number of nitrogens with zero attached hydrogens (tertiary/aromatic N) is 1. The Bertz CT molecular complexity index is 443. The fourth-order valence-corrected chi connectivity index (χ4v) is 3.13. The Morgan fingerprint density at radius 1 is 1.37 bits per heavy atom. The third kappa shape index (κ3) is 2.61. The Kier molecular flexibility index (Phi) is 4.48. The van der Waals surface area contributed by atoms with Gasteiger partial charge in [-0.25, -0.2) is 0 Å². The molecular formula is C16H21NO2. The third-order valence-electron chi connectivity index (χ3n) is 4.11. The molecule has 2 unspecified atom stereocenters. The molecule has 0 saturated heterocycles. The molecule has 1 aliphatic rings. The van der Waals surface area contributed by atoms with Gasteiger partial charge in [-0.05, 0) is 24.8 Å². The van der Waals surface area contributed by atoms with Crippen molar-refractivity contribution in [1.82, 2.24) is 0 Å². The lowest BCUT2D eigenvalue weighted by Crippen LogP contribution is -2.39. The number of hydrogen-bond acceptors (Lipinski definition) is 3. The summed E-state index contributed by atoms with van der Waals surface area (Å²) in [5.74, 6) is 0.0844. The van der Waals surface area contributed by atoms with Crippen LogP contribution < -0.4 is 0 Å². The maximum absolute atomic E-state index is 11.7. The number of ether oxygens (including phenoxy) is 1. The summed E-state index contributed by atoms with van der Waals surface area (Å²) >= 11 is 0. The van der Waals surface area contributed by atoms with Gasteiger partial charge in [0, 0.05) is 13.0 Å². The number of hydrogen-bond donors (Lipinski definition) is 0. The van der Waals surface area contributed by atoms with Crippen LogP contribution in [0.25, 0.3) is 0 Å². The zero-order valence-corrected chi connectivity index (χ0v) is 11.5. The fraction of sp³-hybridized carbons (Fsp3) is 0.500. The van der Waals surface area contributed by atoms with Crippen molar-refractivity contribution in [3.05, 3.63) is 53.0 Å². The molecule has 3 heteroatoms. The van der Waals surface area contributed by atoms with Gasteiger partial charge in [0.1, 0.15) is 0 Å². The van der Waals surface area contributed by atoms with E-state index in [1.807, 2.05) is 30.3 Å². The van der Waals surface area contributed by atoms with Crippen LogP contribution in [0.5, 0.6) is 0 Å². The van der Waals surface area contributed by atoms with E-state index in [1.54, 1.807) is 7.11 Å². The van der Waals surface area contributed by atoms with E-state index in [0.29, 0.717) is 6.61 Å². The van der Waals surface area contributed by atoms with Crippen molar-refractivity contribution in [2.24, 2.45) is 11.1 Å². The lowest BCUT2D eigenvalue weighted by molar-refractivity contribution is 0.0957. The number of nitroso groups, excluding NO2 is 1. The van der Waals surface area contributed by atoms with Crippen molar-refractivity contribution in [2.45, 2.75) is 31.2 Å². The van der Waals surface area contributed by atoms with Crippen molar-refractivity contribution in [3.63, 3.8) is 0 Å². The lowest BCUT2D eigenvalue weighted by atomic mass is 9.69. The molecule has 1 fully saturated rings. The maximum atomic E-state index is 11.7. The molecular weight excluding hydrogens is 238 g/mol. The average molecular weight is 259 g/mol. The van der Waals surface area contributed by atoms with Gasteiger partial charge in [0.05, 0.1) is 6.61 Å². The molecule has 102 valence electrons. The molecule has 19 heavy (non-hydrogen) atoms. The monoisotopic (exact) mass is 259 g/mol. The highest BCUT2D eigenvalue weighted by atomic mass is 16.5. The second-order valence-electron chi connectivity index (χ2n) is 5.27. The van der Waals surface area contributed by atoms with E-state index in [4.69, 9.17) is 4.74 Å². The molecule has 0 bridgehead atoms. The number of methoxy groups -OCH3 is 1. The van der Waals surface area contributed by atoms with Gasteiger partial charge in [-0.1, -0.05) is 54.1 Å². The van der Waals surface area contributed by atoms with Gasteiger partial charge in [-0.15, -0.1) is 4.91 Å². The highest BCUT2D eigenvalue weighted by molar-refractivity contribution is 5.30. The van der Waals surface area contributed by atoms with Crippen LogP contribution in [0.15, 0.2) is 47.7 Å². The van der Waals surface area contributed by atoms with E-state index >= 15 is 0 Å². The zero-order chi connectivity index (χ0) is 13.7. The van der Waals surface area contributed by atoms with Crippen LogP contribution in [0.3, 0.4) is 0 Å². The minimum atomic E-state index is -0.826. The van der Waals surface area contributed by atoms with Gasteiger partial charge in [0.25, 0.3) is 0 Å². The van der Waals surface area contributed by atoms with E-state index in [2.05, 4.69) is 11.8 Å². The first kappa shape index (κ1) is 13.9. The smallest absolute Gasteiger partial charge is 0.157 e. The van der Waals surface area contributed by atoms with Crippen molar-refractivity contribution in [2.75, 3.05) is 13.7 Å². The molecule has 1 aromatic rings. The minimum absolute atomic E-state index is 0.0844. The standard InChI is InChI=1S/C16H21NO2/c1-13-8-6-7-11-15(13)16(17-18,12-19-2)14-9-4-3-5-10-14/h3-5,9-10,15H,1,6-8,11-12H2,2H3. The highest BCUT2D eigenvalue weighted by Gasteiger charge is 2.44. The van der Waals surface area contributed by atoms with Gasteiger partial charge in [0.15, 0.2) is 5.54 Å². The zero-order valence-electron chi connectivity index (χ0n) is 11.5. The van der Waals surface area contributed by atoms with Crippen LogP contribution in [-0.2, 0) is 10.3 Å². The summed E-state index contributed by atoms with van der Waals surface area (Å²) in [5.41, 5.74) is 1.24. The Balaban J connectivity index is 2.44.